The number of hydrogen-bond acceptors (Lipinski definition) is 4. The van der Waals surface area contributed by atoms with E-state index in [9.17, 15) is 4.79 Å². The number of hydrogen-bond donors (Lipinski definition) is 2. The molecule has 0 heterocycles. The number of carbonyl (C=O) groups excluding carboxylic acids is 1. The number of benzene rings is 1. The summed E-state index contributed by atoms with van der Waals surface area (Å²) in [5.74, 6) is 1.21. The van der Waals surface area contributed by atoms with Crippen molar-refractivity contribution in [1.82, 2.24) is 10.6 Å². The van der Waals surface area contributed by atoms with E-state index in [2.05, 4.69) is 24.5 Å². The normalized spacial score (nSPS) is 14.1. The van der Waals surface area contributed by atoms with Crippen molar-refractivity contribution in [2.75, 3.05) is 13.7 Å². The number of para-hydroxylation sites is 1. The first-order valence-corrected chi connectivity index (χ1v) is 7.41. The van der Waals surface area contributed by atoms with Gasteiger partial charge >= 0.3 is 0 Å². The molecule has 0 bridgehead atoms. The lowest BCUT2D eigenvalue weighted by atomic mass is 10.1. The van der Waals surface area contributed by atoms with Crippen LogP contribution in [0.25, 0.3) is 0 Å². The zero-order chi connectivity index (χ0) is 15.2. The lowest BCUT2D eigenvalue weighted by molar-refractivity contribution is -0.123. The molecular weight excluding hydrogens is 268 g/mol. The maximum atomic E-state index is 11.8. The molecule has 0 aliphatic heterocycles. The maximum absolute atomic E-state index is 11.8. The van der Waals surface area contributed by atoms with Crippen molar-refractivity contribution in [2.45, 2.75) is 45.3 Å². The third kappa shape index (κ3) is 4.93. The number of nitrogens with one attached hydrogen (secondary N) is 2. The van der Waals surface area contributed by atoms with E-state index in [0.717, 1.165) is 18.4 Å². The molecule has 0 unspecified atom stereocenters. The van der Waals surface area contributed by atoms with Crippen molar-refractivity contribution >= 4 is 5.91 Å². The molecule has 0 aromatic heterocycles. The Morgan fingerprint density at radius 1 is 1.38 bits per heavy atom. The Morgan fingerprint density at radius 3 is 2.76 bits per heavy atom. The highest BCUT2D eigenvalue weighted by Crippen LogP contribution is 2.31. The van der Waals surface area contributed by atoms with Gasteiger partial charge in [-0.25, -0.2) is 0 Å². The van der Waals surface area contributed by atoms with Gasteiger partial charge in [0.05, 0.1) is 7.11 Å². The summed E-state index contributed by atoms with van der Waals surface area (Å²) in [4.78, 5) is 11.8. The van der Waals surface area contributed by atoms with Gasteiger partial charge in [-0.1, -0.05) is 26.0 Å². The number of amides is 1. The summed E-state index contributed by atoms with van der Waals surface area (Å²) in [5.41, 5.74) is 0.988. The van der Waals surface area contributed by atoms with Crippen LogP contribution >= 0.6 is 0 Å². The first kappa shape index (κ1) is 15.6. The largest absolute Gasteiger partial charge is 0.493 e. The highest BCUT2D eigenvalue weighted by molar-refractivity contribution is 5.78. The van der Waals surface area contributed by atoms with E-state index in [1.165, 1.54) is 0 Å². The molecule has 2 rings (SSSR count). The maximum Gasteiger partial charge on any atom is 0.258 e. The van der Waals surface area contributed by atoms with Gasteiger partial charge in [0.25, 0.3) is 5.91 Å². The summed E-state index contributed by atoms with van der Waals surface area (Å²) >= 11 is 0. The molecule has 1 aliphatic carbocycles. The van der Waals surface area contributed by atoms with Gasteiger partial charge in [-0.3, -0.25) is 4.79 Å². The van der Waals surface area contributed by atoms with Crippen molar-refractivity contribution < 1.29 is 14.3 Å². The van der Waals surface area contributed by atoms with Gasteiger partial charge in [-0.2, -0.15) is 0 Å². The molecule has 21 heavy (non-hydrogen) atoms. The van der Waals surface area contributed by atoms with Crippen LogP contribution in [0.15, 0.2) is 18.2 Å². The molecule has 5 heteroatoms. The predicted molar refractivity (Wildman–Crippen MR) is 81.6 cm³/mol. The average Bonchev–Trinajstić information content (AvgIpc) is 3.26. The quantitative estimate of drug-likeness (QED) is 0.768. The van der Waals surface area contributed by atoms with Crippen LogP contribution in [-0.4, -0.2) is 31.7 Å². The third-order valence-corrected chi connectivity index (χ3v) is 3.27. The molecule has 1 aromatic rings. The molecule has 5 nitrogen and oxygen atoms in total. The highest BCUT2D eigenvalue weighted by Gasteiger charge is 2.23. The number of rotatable bonds is 8. The zero-order valence-electron chi connectivity index (χ0n) is 12.9. The van der Waals surface area contributed by atoms with E-state index in [0.29, 0.717) is 30.1 Å². The lowest BCUT2D eigenvalue weighted by Gasteiger charge is -2.16. The Labute approximate surface area is 126 Å². The fourth-order valence-electron chi connectivity index (χ4n) is 1.97. The summed E-state index contributed by atoms with van der Waals surface area (Å²) in [6, 6.07) is 6.47. The Bertz CT molecular complexity index is 484. The molecule has 0 saturated heterocycles. The molecule has 1 fully saturated rings. The minimum atomic E-state index is -0.0776. The van der Waals surface area contributed by atoms with E-state index in [4.69, 9.17) is 9.47 Å². The third-order valence-electron chi connectivity index (χ3n) is 3.27. The smallest absolute Gasteiger partial charge is 0.258 e. The average molecular weight is 292 g/mol. The van der Waals surface area contributed by atoms with Gasteiger partial charge in [-0.05, 0) is 18.9 Å². The van der Waals surface area contributed by atoms with Crippen LogP contribution in [0.5, 0.6) is 11.5 Å². The van der Waals surface area contributed by atoms with Crippen molar-refractivity contribution in [3.8, 4) is 11.5 Å². The first-order chi connectivity index (χ1) is 10.1. The van der Waals surface area contributed by atoms with Crippen molar-refractivity contribution in [1.29, 1.82) is 0 Å². The van der Waals surface area contributed by atoms with E-state index in [1.54, 1.807) is 7.11 Å². The number of methoxy groups -OCH3 is 1. The Hall–Kier alpha value is -1.75. The molecule has 1 amide bonds. The molecule has 1 aliphatic rings. The Morgan fingerprint density at radius 2 is 2.14 bits per heavy atom. The molecule has 1 aromatic carbocycles. The van der Waals surface area contributed by atoms with Crippen LogP contribution < -0.4 is 20.1 Å². The summed E-state index contributed by atoms with van der Waals surface area (Å²) in [6.45, 7) is 4.87. The second-order valence-corrected chi connectivity index (χ2v) is 5.61. The number of carbonyl (C=O) groups is 1. The molecule has 2 N–H and O–H groups in total. The summed E-state index contributed by atoms with van der Waals surface area (Å²) in [5, 5.41) is 6.26. The molecule has 0 atom stereocenters. The topological polar surface area (TPSA) is 59.6 Å². The van der Waals surface area contributed by atoms with Gasteiger partial charge in [0.2, 0.25) is 0 Å². The predicted octanol–water partition coefficient (Wildman–Crippen LogP) is 1.85. The van der Waals surface area contributed by atoms with Crippen molar-refractivity contribution in [2.24, 2.45) is 0 Å². The van der Waals surface area contributed by atoms with Crippen LogP contribution in [0, 0.1) is 0 Å². The number of ether oxygens (including phenoxy) is 2. The fourth-order valence-corrected chi connectivity index (χ4v) is 1.97. The standard InChI is InChI=1S/C16H24N2O3/c1-11(2)17-9-12-5-4-6-14(20-3)16(12)21-10-15(19)18-13-7-8-13/h4-6,11,13,17H,7-10H2,1-3H3,(H,18,19). The van der Waals surface area contributed by atoms with Gasteiger partial charge in [-0.15, -0.1) is 0 Å². The summed E-state index contributed by atoms with van der Waals surface area (Å²) < 4.78 is 11.0. The van der Waals surface area contributed by atoms with E-state index < -0.39 is 0 Å². The van der Waals surface area contributed by atoms with Crippen molar-refractivity contribution in [3.63, 3.8) is 0 Å². The van der Waals surface area contributed by atoms with E-state index >= 15 is 0 Å². The highest BCUT2D eigenvalue weighted by atomic mass is 16.5. The van der Waals surface area contributed by atoms with Crippen LogP contribution in [0.1, 0.15) is 32.3 Å². The fraction of sp³-hybridized carbons (Fsp3) is 0.562. The summed E-state index contributed by atoms with van der Waals surface area (Å²) in [6.07, 6.45) is 2.15. The van der Waals surface area contributed by atoms with Crippen LogP contribution in [-0.2, 0) is 11.3 Å². The van der Waals surface area contributed by atoms with Crippen LogP contribution in [0.3, 0.4) is 0 Å². The van der Waals surface area contributed by atoms with E-state index in [-0.39, 0.29) is 12.5 Å². The van der Waals surface area contributed by atoms with Crippen molar-refractivity contribution in [3.05, 3.63) is 23.8 Å². The summed E-state index contributed by atoms with van der Waals surface area (Å²) in [7, 11) is 1.60. The lowest BCUT2D eigenvalue weighted by Crippen LogP contribution is -2.31. The van der Waals surface area contributed by atoms with Gasteiger partial charge in [0.1, 0.15) is 0 Å². The molecule has 116 valence electrons. The minimum Gasteiger partial charge on any atom is -0.493 e. The SMILES string of the molecule is COc1cccc(CNC(C)C)c1OCC(=O)NC1CC1. The second kappa shape index (κ2) is 7.31. The van der Waals surface area contributed by atoms with E-state index in [1.807, 2.05) is 18.2 Å². The van der Waals surface area contributed by atoms with Crippen LogP contribution in [0.4, 0.5) is 0 Å². The molecular formula is C16H24N2O3. The Balaban J connectivity index is 2.01. The molecule has 0 radical (unpaired) electrons. The van der Waals surface area contributed by atoms with Gasteiger partial charge < -0.3 is 20.1 Å². The minimum absolute atomic E-state index is 0.0194. The first-order valence-electron chi connectivity index (χ1n) is 7.41. The van der Waals surface area contributed by atoms with Gasteiger partial charge in [0, 0.05) is 24.2 Å². The zero-order valence-corrected chi connectivity index (χ0v) is 12.9. The molecule has 0 spiro atoms. The second-order valence-electron chi connectivity index (χ2n) is 5.61. The monoisotopic (exact) mass is 292 g/mol. The van der Waals surface area contributed by atoms with Gasteiger partial charge in [0.15, 0.2) is 18.1 Å². The molecule has 1 saturated carbocycles. The van der Waals surface area contributed by atoms with Crippen LogP contribution in [0.2, 0.25) is 0 Å². The Kier molecular flexibility index (Phi) is 5.44.